The SMILES string of the molecule is CC.CC.CCC(CO)CCn1cnc2c(NC)nc(Cl)nc21. The summed E-state index contributed by atoms with van der Waals surface area (Å²) in [5.74, 6) is 0.932. The molecule has 2 rings (SSSR count). The lowest BCUT2D eigenvalue weighted by molar-refractivity contribution is 0.210. The minimum atomic E-state index is 0.202. The molecular weight excluding hydrogens is 314 g/mol. The third-order valence-corrected chi connectivity index (χ3v) is 3.46. The fourth-order valence-electron chi connectivity index (χ4n) is 2.00. The van der Waals surface area contributed by atoms with Gasteiger partial charge in [0.25, 0.3) is 0 Å². The molecule has 0 saturated carbocycles. The Hall–Kier alpha value is -1.40. The van der Waals surface area contributed by atoms with E-state index in [0.29, 0.717) is 17.3 Å². The highest BCUT2D eigenvalue weighted by Gasteiger charge is 2.12. The first-order valence-electron chi connectivity index (χ1n) is 8.36. The molecule has 0 aliphatic heterocycles. The zero-order chi connectivity index (χ0) is 17.8. The molecule has 0 amide bonds. The number of rotatable bonds is 6. The van der Waals surface area contributed by atoms with E-state index in [2.05, 4.69) is 27.2 Å². The fraction of sp³-hybridized carbons (Fsp3) is 0.688. The second-order valence-corrected chi connectivity index (χ2v) is 4.79. The summed E-state index contributed by atoms with van der Waals surface area (Å²) < 4.78 is 1.95. The summed E-state index contributed by atoms with van der Waals surface area (Å²) >= 11 is 5.91. The zero-order valence-corrected chi connectivity index (χ0v) is 15.9. The van der Waals surface area contributed by atoms with E-state index in [9.17, 15) is 5.11 Å². The number of nitrogens with zero attached hydrogens (tertiary/aromatic N) is 4. The highest BCUT2D eigenvalue weighted by Crippen LogP contribution is 2.21. The van der Waals surface area contributed by atoms with Crippen LogP contribution in [0.4, 0.5) is 5.82 Å². The van der Waals surface area contributed by atoms with Crippen LogP contribution in [0.1, 0.15) is 47.5 Å². The van der Waals surface area contributed by atoms with Gasteiger partial charge < -0.3 is 15.0 Å². The summed E-state index contributed by atoms with van der Waals surface area (Å²) in [4.78, 5) is 12.6. The topological polar surface area (TPSA) is 75.9 Å². The molecule has 7 heteroatoms. The summed E-state index contributed by atoms with van der Waals surface area (Å²) in [5, 5.41) is 12.4. The lowest BCUT2D eigenvalue weighted by atomic mass is 10.0. The average Bonchev–Trinajstić information content (AvgIpc) is 3.01. The molecule has 0 fully saturated rings. The van der Waals surface area contributed by atoms with Crippen molar-refractivity contribution in [2.45, 2.75) is 54.0 Å². The van der Waals surface area contributed by atoms with Crippen molar-refractivity contribution >= 4 is 28.6 Å². The Morgan fingerprint density at radius 3 is 2.43 bits per heavy atom. The van der Waals surface area contributed by atoms with Gasteiger partial charge >= 0.3 is 0 Å². The molecule has 0 spiro atoms. The Morgan fingerprint density at radius 1 is 1.26 bits per heavy atom. The molecule has 0 aromatic carbocycles. The molecule has 2 aromatic rings. The summed E-state index contributed by atoms with van der Waals surface area (Å²) in [6.45, 7) is 11.0. The van der Waals surface area contributed by atoms with Gasteiger partial charge in [0.2, 0.25) is 5.28 Å². The van der Waals surface area contributed by atoms with Crippen LogP contribution in [-0.2, 0) is 6.54 Å². The van der Waals surface area contributed by atoms with Crippen LogP contribution < -0.4 is 5.32 Å². The number of nitrogens with one attached hydrogen (secondary N) is 1. The second-order valence-electron chi connectivity index (χ2n) is 4.45. The van der Waals surface area contributed by atoms with Crippen LogP contribution in [0, 0.1) is 5.92 Å². The van der Waals surface area contributed by atoms with Gasteiger partial charge in [-0.15, -0.1) is 0 Å². The van der Waals surface area contributed by atoms with Crippen LogP contribution in [0.2, 0.25) is 5.28 Å². The predicted octanol–water partition coefficient (Wildman–Crippen LogP) is 3.98. The summed E-state index contributed by atoms with van der Waals surface area (Å²) in [7, 11) is 1.77. The van der Waals surface area contributed by atoms with Crippen LogP contribution >= 0.6 is 11.6 Å². The Kier molecular flexibility index (Phi) is 11.3. The zero-order valence-electron chi connectivity index (χ0n) is 15.1. The smallest absolute Gasteiger partial charge is 0.226 e. The van der Waals surface area contributed by atoms with Gasteiger partial charge in [0.15, 0.2) is 17.0 Å². The number of fused-ring (bicyclic) bond motifs is 1. The van der Waals surface area contributed by atoms with Crippen LogP contribution in [0.5, 0.6) is 0 Å². The standard InChI is InChI=1S/C12H18ClN5O.2C2H6/c1-3-8(6-19)4-5-18-7-15-9-10(14-2)16-12(13)17-11(9)18;2*1-2/h7-8,19H,3-6H2,1-2H3,(H,14,16,17);2*1-2H3. The molecule has 2 aromatic heterocycles. The summed E-state index contributed by atoms with van der Waals surface area (Å²) in [5.41, 5.74) is 1.43. The summed E-state index contributed by atoms with van der Waals surface area (Å²) in [6, 6.07) is 0. The van der Waals surface area contributed by atoms with Crippen molar-refractivity contribution in [3.05, 3.63) is 11.6 Å². The third kappa shape index (κ3) is 5.95. The monoisotopic (exact) mass is 343 g/mol. The number of aliphatic hydroxyl groups excluding tert-OH is 1. The van der Waals surface area contributed by atoms with Gasteiger partial charge in [-0.2, -0.15) is 9.97 Å². The van der Waals surface area contributed by atoms with Crippen LogP contribution in [-0.4, -0.2) is 38.3 Å². The first kappa shape index (κ1) is 21.6. The van der Waals surface area contributed by atoms with Gasteiger partial charge in [-0.3, -0.25) is 0 Å². The minimum absolute atomic E-state index is 0.202. The lowest BCUT2D eigenvalue weighted by Gasteiger charge is -2.11. The number of hydrogen-bond acceptors (Lipinski definition) is 5. The number of anilines is 1. The number of halogens is 1. The number of aromatic nitrogens is 4. The molecule has 0 radical (unpaired) electrons. The Bertz CT molecular complexity index is 555. The van der Waals surface area contributed by atoms with Crippen molar-refractivity contribution in [2.24, 2.45) is 5.92 Å². The Balaban J connectivity index is 0.00000112. The van der Waals surface area contributed by atoms with E-state index >= 15 is 0 Å². The van der Waals surface area contributed by atoms with E-state index in [1.54, 1.807) is 13.4 Å². The molecule has 2 heterocycles. The van der Waals surface area contributed by atoms with Crippen molar-refractivity contribution < 1.29 is 5.11 Å². The molecule has 132 valence electrons. The van der Waals surface area contributed by atoms with Crippen molar-refractivity contribution in [3.8, 4) is 0 Å². The molecule has 0 bridgehead atoms. The van der Waals surface area contributed by atoms with E-state index in [4.69, 9.17) is 11.6 Å². The molecule has 0 aliphatic rings. The quantitative estimate of drug-likeness (QED) is 0.776. The molecule has 1 unspecified atom stereocenters. The molecule has 1 atom stereocenters. The molecule has 2 N–H and O–H groups in total. The van der Waals surface area contributed by atoms with Crippen LogP contribution in [0.25, 0.3) is 11.2 Å². The maximum atomic E-state index is 9.21. The Labute approximate surface area is 144 Å². The van der Waals surface area contributed by atoms with Crippen molar-refractivity contribution in [1.82, 2.24) is 19.5 Å². The van der Waals surface area contributed by atoms with Gasteiger partial charge in [0.05, 0.1) is 6.33 Å². The van der Waals surface area contributed by atoms with Crippen LogP contribution in [0.15, 0.2) is 6.33 Å². The lowest BCUT2D eigenvalue weighted by Crippen LogP contribution is -2.09. The van der Waals surface area contributed by atoms with E-state index in [1.807, 2.05) is 32.3 Å². The highest BCUT2D eigenvalue weighted by atomic mass is 35.5. The van der Waals surface area contributed by atoms with E-state index < -0.39 is 0 Å². The van der Waals surface area contributed by atoms with Gasteiger partial charge in [0, 0.05) is 20.2 Å². The van der Waals surface area contributed by atoms with Gasteiger partial charge in [0.1, 0.15) is 0 Å². The maximum absolute atomic E-state index is 9.21. The highest BCUT2D eigenvalue weighted by molar-refractivity contribution is 6.28. The molecule has 6 nitrogen and oxygen atoms in total. The maximum Gasteiger partial charge on any atom is 0.226 e. The van der Waals surface area contributed by atoms with Gasteiger partial charge in [-0.25, -0.2) is 4.98 Å². The second kappa shape index (κ2) is 12.1. The van der Waals surface area contributed by atoms with Crippen molar-refractivity contribution in [1.29, 1.82) is 0 Å². The molecular formula is C16H30ClN5O. The number of hydrogen-bond donors (Lipinski definition) is 2. The van der Waals surface area contributed by atoms with Crippen molar-refractivity contribution in [3.63, 3.8) is 0 Å². The normalized spacial score (nSPS) is 11.1. The molecule has 0 aliphatic carbocycles. The van der Waals surface area contributed by atoms with Crippen LogP contribution in [0.3, 0.4) is 0 Å². The first-order chi connectivity index (χ1) is 11.2. The third-order valence-electron chi connectivity index (χ3n) is 3.29. The number of aliphatic hydroxyl groups is 1. The van der Waals surface area contributed by atoms with Gasteiger partial charge in [-0.1, -0.05) is 41.0 Å². The predicted molar refractivity (Wildman–Crippen MR) is 98.1 cm³/mol. The number of imidazole rings is 1. The van der Waals surface area contributed by atoms with Gasteiger partial charge in [-0.05, 0) is 23.9 Å². The minimum Gasteiger partial charge on any atom is -0.396 e. The van der Waals surface area contributed by atoms with E-state index in [-0.39, 0.29) is 11.9 Å². The average molecular weight is 344 g/mol. The van der Waals surface area contributed by atoms with E-state index in [0.717, 1.165) is 25.0 Å². The molecule has 23 heavy (non-hydrogen) atoms. The number of aryl methyl sites for hydroxylation is 1. The first-order valence-corrected chi connectivity index (χ1v) is 8.74. The molecule has 0 saturated heterocycles. The fourth-order valence-corrected chi connectivity index (χ4v) is 2.17. The Morgan fingerprint density at radius 2 is 1.91 bits per heavy atom. The summed E-state index contributed by atoms with van der Waals surface area (Å²) in [6.07, 6.45) is 3.58. The van der Waals surface area contributed by atoms with E-state index in [1.165, 1.54) is 0 Å². The van der Waals surface area contributed by atoms with Crippen molar-refractivity contribution in [2.75, 3.05) is 19.0 Å². The largest absolute Gasteiger partial charge is 0.396 e.